The van der Waals surface area contributed by atoms with Gasteiger partial charge in [0, 0.05) is 23.4 Å². The first-order valence-corrected chi connectivity index (χ1v) is 9.03. The molecular formula is C19H18N2O2S. The summed E-state index contributed by atoms with van der Waals surface area (Å²) >= 11 is 1.65. The molecule has 2 amide bonds. The monoisotopic (exact) mass is 338 g/mol. The maximum Gasteiger partial charge on any atom is 0.259 e. The van der Waals surface area contributed by atoms with Gasteiger partial charge in [-0.1, -0.05) is 24.8 Å². The van der Waals surface area contributed by atoms with Crippen molar-refractivity contribution in [3.63, 3.8) is 0 Å². The molecule has 1 fully saturated rings. The SMILES string of the molecule is C=C1c2ccccc2C(=O)N1CC(=O)N1CCC[C@@H]1c1ccsc1. The Morgan fingerprint density at radius 1 is 1.25 bits per heavy atom. The molecule has 0 N–H and O–H groups in total. The van der Waals surface area contributed by atoms with Gasteiger partial charge in [0.1, 0.15) is 6.54 Å². The highest BCUT2D eigenvalue weighted by molar-refractivity contribution is 7.08. The van der Waals surface area contributed by atoms with Crippen LogP contribution >= 0.6 is 11.3 Å². The Labute approximate surface area is 145 Å². The van der Waals surface area contributed by atoms with Gasteiger partial charge in [0.15, 0.2) is 0 Å². The van der Waals surface area contributed by atoms with Crippen molar-refractivity contribution >= 4 is 28.8 Å². The molecule has 4 nitrogen and oxygen atoms in total. The lowest BCUT2D eigenvalue weighted by Gasteiger charge is -2.27. The lowest BCUT2D eigenvalue weighted by Crippen LogP contribution is -2.39. The zero-order valence-electron chi connectivity index (χ0n) is 13.3. The molecule has 24 heavy (non-hydrogen) atoms. The van der Waals surface area contributed by atoms with Gasteiger partial charge in [-0.15, -0.1) is 0 Å². The first-order valence-electron chi connectivity index (χ1n) is 8.08. The summed E-state index contributed by atoms with van der Waals surface area (Å²) in [6, 6.07) is 9.60. The van der Waals surface area contributed by atoms with Gasteiger partial charge in [-0.25, -0.2) is 0 Å². The predicted molar refractivity (Wildman–Crippen MR) is 94.5 cm³/mol. The second-order valence-corrected chi connectivity index (χ2v) is 6.97. The second kappa shape index (κ2) is 5.91. The number of likely N-dealkylation sites (tertiary alicyclic amines) is 1. The average Bonchev–Trinajstić information content (AvgIpc) is 3.31. The topological polar surface area (TPSA) is 40.6 Å². The third kappa shape index (κ3) is 2.36. The zero-order chi connectivity index (χ0) is 16.7. The molecule has 3 heterocycles. The fourth-order valence-electron chi connectivity index (χ4n) is 3.60. The van der Waals surface area contributed by atoms with Crippen LogP contribution in [0.5, 0.6) is 0 Å². The molecule has 1 aromatic carbocycles. The van der Waals surface area contributed by atoms with Crippen molar-refractivity contribution in [1.29, 1.82) is 0 Å². The quantitative estimate of drug-likeness (QED) is 0.859. The first kappa shape index (κ1) is 15.1. The third-order valence-corrected chi connectivity index (χ3v) is 5.54. The highest BCUT2D eigenvalue weighted by atomic mass is 32.1. The summed E-state index contributed by atoms with van der Waals surface area (Å²) in [6.45, 7) is 4.83. The summed E-state index contributed by atoms with van der Waals surface area (Å²) in [5.74, 6) is -0.138. The molecule has 0 saturated carbocycles. The van der Waals surface area contributed by atoms with Gasteiger partial charge in [-0.05, 0) is 41.3 Å². The van der Waals surface area contributed by atoms with Crippen molar-refractivity contribution in [3.8, 4) is 0 Å². The molecule has 1 saturated heterocycles. The largest absolute Gasteiger partial charge is 0.334 e. The molecule has 122 valence electrons. The summed E-state index contributed by atoms with van der Waals surface area (Å²) < 4.78 is 0. The van der Waals surface area contributed by atoms with Crippen molar-refractivity contribution in [2.45, 2.75) is 18.9 Å². The van der Waals surface area contributed by atoms with Crippen LogP contribution in [0.25, 0.3) is 5.70 Å². The van der Waals surface area contributed by atoms with Crippen LogP contribution in [0, 0.1) is 0 Å². The first-order chi connectivity index (χ1) is 11.7. The molecule has 2 aliphatic heterocycles. The number of hydrogen-bond acceptors (Lipinski definition) is 3. The Balaban J connectivity index is 1.53. The summed E-state index contributed by atoms with van der Waals surface area (Å²) in [7, 11) is 0. The molecule has 1 aromatic heterocycles. The van der Waals surface area contributed by atoms with Crippen LogP contribution in [0.15, 0.2) is 47.7 Å². The van der Waals surface area contributed by atoms with Crippen molar-refractivity contribution in [1.82, 2.24) is 9.80 Å². The van der Waals surface area contributed by atoms with Crippen molar-refractivity contribution < 1.29 is 9.59 Å². The Kier molecular flexibility index (Phi) is 3.73. The van der Waals surface area contributed by atoms with Gasteiger partial charge in [0.05, 0.1) is 6.04 Å². The Bertz CT molecular complexity index is 778. The van der Waals surface area contributed by atoms with Crippen LogP contribution in [-0.2, 0) is 4.79 Å². The predicted octanol–water partition coefficient (Wildman–Crippen LogP) is 3.54. The summed E-state index contributed by atoms with van der Waals surface area (Å²) in [6.07, 6.45) is 1.99. The van der Waals surface area contributed by atoms with E-state index in [0.29, 0.717) is 11.3 Å². The van der Waals surface area contributed by atoms with Crippen molar-refractivity contribution in [2.75, 3.05) is 13.1 Å². The van der Waals surface area contributed by atoms with E-state index in [0.717, 1.165) is 24.9 Å². The van der Waals surface area contributed by atoms with Crippen LogP contribution in [0.1, 0.15) is 40.4 Å². The number of amides is 2. The summed E-state index contributed by atoms with van der Waals surface area (Å²) in [5, 5.41) is 4.14. The van der Waals surface area contributed by atoms with Gasteiger partial charge < -0.3 is 4.90 Å². The Hall–Kier alpha value is -2.40. The van der Waals surface area contributed by atoms with E-state index in [4.69, 9.17) is 0 Å². The highest BCUT2D eigenvalue weighted by Gasteiger charge is 2.36. The smallest absolute Gasteiger partial charge is 0.259 e. The zero-order valence-corrected chi connectivity index (χ0v) is 14.1. The maximum absolute atomic E-state index is 12.8. The molecule has 2 aromatic rings. The summed E-state index contributed by atoms with van der Waals surface area (Å²) in [4.78, 5) is 28.8. The molecule has 0 radical (unpaired) electrons. The number of nitrogens with zero attached hydrogens (tertiary/aromatic N) is 2. The van der Waals surface area contributed by atoms with Crippen LogP contribution in [0.3, 0.4) is 0 Å². The minimum Gasteiger partial charge on any atom is -0.334 e. The number of thiophene rings is 1. The molecule has 2 aliphatic rings. The van der Waals surface area contributed by atoms with Gasteiger partial charge in [-0.3, -0.25) is 14.5 Å². The van der Waals surface area contributed by atoms with Crippen LogP contribution < -0.4 is 0 Å². The Morgan fingerprint density at radius 3 is 2.75 bits per heavy atom. The van der Waals surface area contributed by atoms with Crippen molar-refractivity contribution in [2.24, 2.45) is 0 Å². The summed E-state index contributed by atoms with van der Waals surface area (Å²) in [5.41, 5.74) is 3.27. The van der Waals surface area contributed by atoms with Gasteiger partial charge >= 0.3 is 0 Å². The van der Waals surface area contributed by atoms with E-state index in [2.05, 4.69) is 18.0 Å². The number of fused-ring (bicyclic) bond motifs is 1. The minimum atomic E-state index is -0.129. The molecule has 1 atom stereocenters. The molecule has 0 aliphatic carbocycles. The number of rotatable bonds is 3. The van der Waals surface area contributed by atoms with Crippen LogP contribution in [-0.4, -0.2) is 34.7 Å². The average molecular weight is 338 g/mol. The molecule has 0 unspecified atom stereocenters. The standard InChI is InChI=1S/C19H18N2O2S/c1-13-15-5-2-3-6-16(15)19(23)21(13)11-18(22)20-9-4-7-17(20)14-8-10-24-12-14/h2-3,5-6,8,10,12,17H,1,4,7,9,11H2/t17-/m1/s1. The fraction of sp³-hybridized carbons (Fsp3) is 0.263. The van der Waals surface area contributed by atoms with Gasteiger partial charge in [-0.2, -0.15) is 11.3 Å². The van der Waals surface area contributed by atoms with E-state index in [1.807, 2.05) is 28.5 Å². The molecule has 0 spiro atoms. The van der Waals surface area contributed by atoms with Crippen LogP contribution in [0.4, 0.5) is 0 Å². The van der Waals surface area contributed by atoms with E-state index >= 15 is 0 Å². The van der Waals surface area contributed by atoms with Gasteiger partial charge in [0.2, 0.25) is 5.91 Å². The highest BCUT2D eigenvalue weighted by Crippen LogP contribution is 2.35. The van der Waals surface area contributed by atoms with Crippen LogP contribution in [0.2, 0.25) is 0 Å². The number of benzene rings is 1. The molecule has 5 heteroatoms. The fourth-order valence-corrected chi connectivity index (χ4v) is 4.31. The lowest BCUT2D eigenvalue weighted by atomic mass is 10.1. The van der Waals surface area contributed by atoms with E-state index < -0.39 is 0 Å². The number of hydrogen-bond donors (Lipinski definition) is 0. The lowest BCUT2D eigenvalue weighted by molar-refractivity contribution is -0.132. The number of carbonyl (C=O) groups is 2. The molecular weight excluding hydrogens is 320 g/mol. The van der Waals surface area contributed by atoms with E-state index in [1.165, 1.54) is 10.5 Å². The maximum atomic E-state index is 12.8. The van der Waals surface area contributed by atoms with Crippen molar-refractivity contribution in [3.05, 3.63) is 64.4 Å². The molecule has 4 rings (SSSR count). The van der Waals surface area contributed by atoms with E-state index in [-0.39, 0.29) is 24.4 Å². The number of carbonyl (C=O) groups excluding carboxylic acids is 2. The molecule has 0 bridgehead atoms. The minimum absolute atomic E-state index is 0.00833. The van der Waals surface area contributed by atoms with E-state index in [1.54, 1.807) is 17.4 Å². The third-order valence-electron chi connectivity index (χ3n) is 4.83. The Morgan fingerprint density at radius 2 is 2.04 bits per heavy atom. The van der Waals surface area contributed by atoms with E-state index in [9.17, 15) is 9.59 Å². The normalized spacial score (nSPS) is 19.9. The second-order valence-electron chi connectivity index (χ2n) is 6.19. The van der Waals surface area contributed by atoms with Gasteiger partial charge in [0.25, 0.3) is 5.91 Å².